The van der Waals surface area contributed by atoms with Crippen molar-refractivity contribution in [2.45, 2.75) is 32.2 Å². The second kappa shape index (κ2) is 6.66. The molecule has 1 heterocycles. The predicted octanol–water partition coefficient (Wildman–Crippen LogP) is 3.19. The first-order valence-corrected chi connectivity index (χ1v) is 8.05. The molecule has 21 heavy (non-hydrogen) atoms. The molecule has 116 valence electrons. The third kappa shape index (κ3) is 4.35. The molecule has 0 bridgehead atoms. The molecule has 7 heteroatoms. The van der Waals surface area contributed by atoms with Crippen LogP contribution in [-0.4, -0.2) is 35.6 Å². The van der Waals surface area contributed by atoms with Crippen LogP contribution in [0.15, 0.2) is 12.1 Å². The number of thiophene rings is 1. The molecule has 5 nitrogen and oxygen atoms in total. The van der Waals surface area contributed by atoms with Crippen molar-refractivity contribution in [3.05, 3.63) is 21.3 Å². The molecule has 1 fully saturated rings. The lowest BCUT2D eigenvalue weighted by atomic mass is 9.66. The quantitative estimate of drug-likeness (QED) is 0.841. The summed E-state index contributed by atoms with van der Waals surface area (Å²) < 4.78 is 0.702. The van der Waals surface area contributed by atoms with E-state index in [9.17, 15) is 9.59 Å². The Morgan fingerprint density at radius 1 is 1.48 bits per heavy atom. The minimum Gasteiger partial charge on any atom is -0.481 e. The Hall–Kier alpha value is -1.27. The molecular formula is C14H19ClN2O3S. The average Bonchev–Trinajstić information content (AvgIpc) is 2.77. The molecule has 0 spiro atoms. The SMILES string of the molecule is CN(Cc1ccc(Cl)s1)C(=O)NCC1(CC(=O)O)CCC1. The van der Waals surface area contributed by atoms with Gasteiger partial charge in [-0.25, -0.2) is 4.79 Å². The monoisotopic (exact) mass is 330 g/mol. The summed E-state index contributed by atoms with van der Waals surface area (Å²) >= 11 is 7.31. The number of urea groups is 1. The fourth-order valence-electron chi connectivity index (χ4n) is 2.55. The second-order valence-corrected chi connectivity index (χ2v) is 7.44. The van der Waals surface area contributed by atoms with Crippen LogP contribution in [0.2, 0.25) is 4.34 Å². The van der Waals surface area contributed by atoms with Gasteiger partial charge in [-0.05, 0) is 30.4 Å². The zero-order valence-corrected chi connectivity index (χ0v) is 13.5. The third-order valence-corrected chi connectivity index (χ3v) is 5.14. The van der Waals surface area contributed by atoms with Gasteiger partial charge in [0.2, 0.25) is 0 Å². The van der Waals surface area contributed by atoms with E-state index in [0.29, 0.717) is 17.4 Å². The van der Waals surface area contributed by atoms with E-state index < -0.39 is 5.97 Å². The number of hydrogen-bond acceptors (Lipinski definition) is 3. The van der Waals surface area contributed by atoms with Gasteiger partial charge in [-0.3, -0.25) is 4.79 Å². The van der Waals surface area contributed by atoms with E-state index >= 15 is 0 Å². The van der Waals surface area contributed by atoms with Gasteiger partial charge in [0.25, 0.3) is 0 Å². The Balaban J connectivity index is 1.82. The lowest BCUT2D eigenvalue weighted by molar-refractivity contribution is -0.141. The molecule has 0 saturated heterocycles. The Morgan fingerprint density at radius 2 is 2.19 bits per heavy atom. The molecule has 2 N–H and O–H groups in total. The number of carboxylic acids is 1. The smallest absolute Gasteiger partial charge is 0.317 e. The van der Waals surface area contributed by atoms with Gasteiger partial charge in [-0.1, -0.05) is 18.0 Å². The summed E-state index contributed by atoms with van der Waals surface area (Å²) in [5, 5.41) is 11.8. The standard InChI is InChI=1S/C14H19ClN2O3S/c1-17(8-10-3-4-11(15)21-10)13(20)16-9-14(5-2-6-14)7-12(18)19/h3-4H,2,5-9H2,1H3,(H,16,20)(H,18,19). The van der Waals surface area contributed by atoms with Crippen LogP contribution in [0, 0.1) is 5.41 Å². The van der Waals surface area contributed by atoms with Crippen molar-refractivity contribution in [2.24, 2.45) is 5.41 Å². The number of hydrogen-bond donors (Lipinski definition) is 2. The van der Waals surface area contributed by atoms with Crippen molar-refractivity contribution in [3.8, 4) is 0 Å². The Morgan fingerprint density at radius 3 is 2.67 bits per heavy atom. The maximum absolute atomic E-state index is 12.1. The molecule has 1 aliphatic rings. The number of amides is 2. The van der Waals surface area contributed by atoms with Crippen LogP contribution < -0.4 is 5.32 Å². The van der Waals surface area contributed by atoms with Crippen LogP contribution in [0.1, 0.15) is 30.6 Å². The number of halogens is 1. The van der Waals surface area contributed by atoms with Crippen LogP contribution >= 0.6 is 22.9 Å². The molecule has 0 aromatic carbocycles. The molecule has 0 atom stereocenters. The fraction of sp³-hybridized carbons (Fsp3) is 0.571. The van der Waals surface area contributed by atoms with Crippen LogP contribution in [-0.2, 0) is 11.3 Å². The molecule has 1 saturated carbocycles. The first-order chi connectivity index (χ1) is 9.90. The van der Waals surface area contributed by atoms with Crippen LogP contribution in [0.5, 0.6) is 0 Å². The lowest BCUT2D eigenvalue weighted by Gasteiger charge is -2.41. The normalized spacial score (nSPS) is 16.1. The highest BCUT2D eigenvalue weighted by Crippen LogP contribution is 2.43. The predicted molar refractivity (Wildman–Crippen MR) is 82.7 cm³/mol. The van der Waals surface area contributed by atoms with Crippen molar-refractivity contribution in [1.82, 2.24) is 10.2 Å². The highest BCUT2D eigenvalue weighted by Gasteiger charge is 2.39. The molecule has 0 unspecified atom stereocenters. The van der Waals surface area contributed by atoms with Gasteiger partial charge in [-0.2, -0.15) is 0 Å². The highest BCUT2D eigenvalue weighted by molar-refractivity contribution is 7.16. The van der Waals surface area contributed by atoms with E-state index in [0.717, 1.165) is 24.1 Å². The van der Waals surface area contributed by atoms with Crippen LogP contribution in [0.3, 0.4) is 0 Å². The van der Waals surface area contributed by atoms with Crippen molar-refractivity contribution in [2.75, 3.05) is 13.6 Å². The average molecular weight is 331 g/mol. The number of rotatable bonds is 6. The summed E-state index contributed by atoms with van der Waals surface area (Å²) in [4.78, 5) is 25.6. The van der Waals surface area contributed by atoms with Crippen molar-refractivity contribution in [3.63, 3.8) is 0 Å². The first kappa shape index (κ1) is 16.1. The van der Waals surface area contributed by atoms with Gasteiger partial charge < -0.3 is 15.3 Å². The van der Waals surface area contributed by atoms with E-state index in [-0.39, 0.29) is 17.9 Å². The molecule has 1 aromatic rings. The zero-order valence-electron chi connectivity index (χ0n) is 11.9. The van der Waals surface area contributed by atoms with Crippen molar-refractivity contribution >= 4 is 34.9 Å². The van der Waals surface area contributed by atoms with Gasteiger partial charge in [0.1, 0.15) is 0 Å². The third-order valence-electron chi connectivity index (χ3n) is 3.92. The minimum absolute atomic E-state index is 0.123. The lowest BCUT2D eigenvalue weighted by Crippen LogP contribution is -2.46. The Kier molecular flexibility index (Phi) is 5.11. The van der Waals surface area contributed by atoms with E-state index in [1.165, 1.54) is 11.3 Å². The Bertz CT molecular complexity index is 528. The number of carbonyl (C=O) groups is 2. The number of nitrogens with zero attached hydrogens (tertiary/aromatic N) is 1. The van der Waals surface area contributed by atoms with Crippen molar-refractivity contribution < 1.29 is 14.7 Å². The summed E-state index contributed by atoms with van der Waals surface area (Å²) in [5.74, 6) is -0.800. The highest BCUT2D eigenvalue weighted by atomic mass is 35.5. The zero-order chi connectivity index (χ0) is 15.5. The second-order valence-electron chi connectivity index (χ2n) is 5.64. The largest absolute Gasteiger partial charge is 0.481 e. The molecule has 2 amide bonds. The van der Waals surface area contributed by atoms with Gasteiger partial charge >= 0.3 is 12.0 Å². The molecule has 0 aliphatic heterocycles. The summed E-state index contributed by atoms with van der Waals surface area (Å²) in [6.45, 7) is 0.919. The molecule has 1 aliphatic carbocycles. The summed E-state index contributed by atoms with van der Waals surface area (Å²) in [7, 11) is 1.72. The van der Waals surface area contributed by atoms with Gasteiger partial charge in [0, 0.05) is 18.5 Å². The fourth-order valence-corrected chi connectivity index (χ4v) is 3.70. The van der Waals surface area contributed by atoms with E-state index in [1.807, 2.05) is 12.1 Å². The summed E-state index contributed by atoms with van der Waals surface area (Å²) in [6, 6.07) is 3.52. The van der Waals surface area contributed by atoms with E-state index in [1.54, 1.807) is 11.9 Å². The van der Waals surface area contributed by atoms with Crippen LogP contribution in [0.4, 0.5) is 4.79 Å². The first-order valence-electron chi connectivity index (χ1n) is 6.85. The van der Waals surface area contributed by atoms with Gasteiger partial charge in [-0.15, -0.1) is 11.3 Å². The van der Waals surface area contributed by atoms with Crippen LogP contribution in [0.25, 0.3) is 0 Å². The molecular weight excluding hydrogens is 312 g/mol. The van der Waals surface area contributed by atoms with E-state index in [2.05, 4.69) is 5.32 Å². The maximum atomic E-state index is 12.1. The number of carboxylic acid groups (broad SMARTS) is 1. The summed E-state index contributed by atoms with van der Waals surface area (Å²) in [6.07, 6.45) is 2.89. The van der Waals surface area contributed by atoms with Crippen molar-refractivity contribution in [1.29, 1.82) is 0 Å². The number of carbonyl (C=O) groups excluding carboxylic acids is 1. The van der Waals surface area contributed by atoms with Gasteiger partial charge in [0.15, 0.2) is 0 Å². The number of nitrogens with one attached hydrogen (secondary N) is 1. The minimum atomic E-state index is -0.800. The molecule has 2 rings (SSSR count). The number of aliphatic carboxylic acids is 1. The summed E-state index contributed by atoms with van der Waals surface area (Å²) in [5.41, 5.74) is -0.255. The molecule has 0 radical (unpaired) electrons. The topological polar surface area (TPSA) is 69.6 Å². The Labute approximate surface area is 132 Å². The van der Waals surface area contributed by atoms with E-state index in [4.69, 9.17) is 16.7 Å². The molecule has 1 aromatic heterocycles. The maximum Gasteiger partial charge on any atom is 0.317 e. The van der Waals surface area contributed by atoms with Gasteiger partial charge in [0.05, 0.1) is 17.3 Å².